The molecule has 0 radical (unpaired) electrons. The fourth-order valence-electron chi connectivity index (χ4n) is 3.51. The van der Waals surface area contributed by atoms with Crippen molar-refractivity contribution in [1.82, 2.24) is 5.32 Å². The van der Waals surface area contributed by atoms with Crippen LogP contribution in [0.5, 0.6) is 0 Å². The minimum absolute atomic E-state index is 0.334. The Kier molecular flexibility index (Phi) is 5.26. The van der Waals surface area contributed by atoms with Crippen LogP contribution in [-0.2, 0) is 5.41 Å². The molecule has 1 aliphatic rings. The maximum absolute atomic E-state index is 3.87. The average molecular weight is 273 g/mol. The molecular formula is C19H31N. The normalized spacial score (nSPS) is 22.3. The molecule has 0 heterocycles. The third-order valence-electron chi connectivity index (χ3n) is 4.85. The van der Waals surface area contributed by atoms with E-state index in [1.807, 2.05) is 0 Å². The molecule has 1 aliphatic carbocycles. The summed E-state index contributed by atoms with van der Waals surface area (Å²) in [4.78, 5) is 0. The van der Waals surface area contributed by atoms with Crippen molar-refractivity contribution in [1.29, 1.82) is 0 Å². The summed E-state index contributed by atoms with van der Waals surface area (Å²) in [5, 5.41) is 3.87. The first-order chi connectivity index (χ1) is 9.54. The minimum atomic E-state index is 0.334. The lowest BCUT2D eigenvalue weighted by atomic mass is 9.71. The molecule has 1 nitrogen and oxygen atoms in total. The van der Waals surface area contributed by atoms with Gasteiger partial charge in [-0.3, -0.25) is 0 Å². The molecule has 0 aromatic heterocycles. The predicted octanol–water partition coefficient (Wildman–Crippen LogP) is 5.36. The number of hydrogen-bond acceptors (Lipinski definition) is 1. The molecule has 0 saturated carbocycles. The quantitative estimate of drug-likeness (QED) is 0.688. The van der Waals surface area contributed by atoms with Gasteiger partial charge in [0.1, 0.15) is 0 Å². The van der Waals surface area contributed by atoms with Crippen LogP contribution in [0.1, 0.15) is 83.4 Å². The molecule has 112 valence electrons. The molecule has 1 aromatic carbocycles. The molecule has 0 bridgehead atoms. The highest BCUT2D eigenvalue weighted by Crippen LogP contribution is 2.41. The van der Waals surface area contributed by atoms with E-state index in [-0.39, 0.29) is 0 Å². The Morgan fingerprint density at radius 1 is 1.25 bits per heavy atom. The van der Waals surface area contributed by atoms with Gasteiger partial charge in [-0.2, -0.15) is 0 Å². The van der Waals surface area contributed by atoms with Crippen LogP contribution in [0.25, 0.3) is 0 Å². The van der Waals surface area contributed by atoms with Gasteiger partial charge in [0.05, 0.1) is 0 Å². The second kappa shape index (κ2) is 6.76. The Balaban J connectivity index is 2.03. The zero-order valence-electron chi connectivity index (χ0n) is 13.7. The second-order valence-corrected chi connectivity index (χ2v) is 7.13. The predicted molar refractivity (Wildman–Crippen MR) is 88.2 cm³/mol. The number of fused-ring (bicyclic) bond motifs is 1. The lowest BCUT2D eigenvalue weighted by Crippen LogP contribution is -2.36. The van der Waals surface area contributed by atoms with Crippen LogP contribution >= 0.6 is 0 Å². The van der Waals surface area contributed by atoms with Gasteiger partial charge >= 0.3 is 0 Å². The van der Waals surface area contributed by atoms with Crippen LogP contribution < -0.4 is 5.32 Å². The van der Waals surface area contributed by atoms with E-state index >= 15 is 0 Å². The average Bonchev–Trinajstić information content (AvgIpc) is 2.43. The van der Waals surface area contributed by atoms with Crippen molar-refractivity contribution < 1.29 is 0 Å². The van der Waals surface area contributed by atoms with Gasteiger partial charge < -0.3 is 5.32 Å². The molecule has 0 spiro atoms. The Labute approximate surface area is 125 Å². The fraction of sp³-hybridized carbons (Fsp3) is 0.684. The molecule has 0 saturated heterocycles. The van der Waals surface area contributed by atoms with Crippen molar-refractivity contribution >= 4 is 0 Å². The van der Waals surface area contributed by atoms with E-state index in [1.54, 1.807) is 5.56 Å². The molecule has 2 atom stereocenters. The van der Waals surface area contributed by atoms with Gasteiger partial charge in [0.2, 0.25) is 0 Å². The van der Waals surface area contributed by atoms with Crippen LogP contribution in [0.2, 0.25) is 0 Å². The Bertz CT molecular complexity index is 422. The molecule has 0 fully saturated rings. The largest absolute Gasteiger partial charge is 0.307 e. The topological polar surface area (TPSA) is 12.0 Å². The number of benzene rings is 1. The number of nitrogens with one attached hydrogen (secondary N) is 1. The van der Waals surface area contributed by atoms with E-state index in [1.165, 1.54) is 44.1 Å². The molecule has 1 heteroatoms. The summed E-state index contributed by atoms with van der Waals surface area (Å²) < 4.78 is 0. The first-order valence-electron chi connectivity index (χ1n) is 8.40. The highest BCUT2D eigenvalue weighted by Gasteiger charge is 2.32. The minimum Gasteiger partial charge on any atom is -0.307 e. The number of rotatable bonds is 6. The van der Waals surface area contributed by atoms with Crippen LogP contribution in [0.3, 0.4) is 0 Å². The van der Waals surface area contributed by atoms with Crippen LogP contribution in [0.15, 0.2) is 24.3 Å². The van der Waals surface area contributed by atoms with Crippen molar-refractivity contribution in [3.8, 4) is 0 Å². The van der Waals surface area contributed by atoms with Crippen LogP contribution in [0.4, 0.5) is 0 Å². The van der Waals surface area contributed by atoms with Crippen molar-refractivity contribution in [3.05, 3.63) is 35.4 Å². The highest BCUT2D eigenvalue weighted by atomic mass is 14.9. The summed E-state index contributed by atoms with van der Waals surface area (Å²) in [6.45, 7) is 9.38. The van der Waals surface area contributed by atoms with E-state index in [4.69, 9.17) is 0 Å². The van der Waals surface area contributed by atoms with E-state index < -0.39 is 0 Å². The van der Waals surface area contributed by atoms with Gasteiger partial charge in [0.25, 0.3) is 0 Å². The van der Waals surface area contributed by atoms with Crippen LogP contribution in [-0.4, -0.2) is 6.04 Å². The summed E-state index contributed by atoms with van der Waals surface area (Å²) >= 11 is 0. The van der Waals surface area contributed by atoms with Gasteiger partial charge in [-0.25, -0.2) is 0 Å². The molecule has 2 unspecified atom stereocenters. The maximum Gasteiger partial charge on any atom is 0.0325 e. The summed E-state index contributed by atoms with van der Waals surface area (Å²) in [6.07, 6.45) is 7.87. The first kappa shape index (κ1) is 15.6. The third kappa shape index (κ3) is 3.63. The summed E-state index contributed by atoms with van der Waals surface area (Å²) in [7, 11) is 0. The zero-order chi connectivity index (χ0) is 14.6. The third-order valence-corrected chi connectivity index (χ3v) is 4.85. The van der Waals surface area contributed by atoms with Crippen LogP contribution in [0, 0.1) is 0 Å². The first-order valence-corrected chi connectivity index (χ1v) is 8.40. The Morgan fingerprint density at radius 3 is 2.75 bits per heavy atom. The van der Waals surface area contributed by atoms with E-state index in [9.17, 15) is 0 Å². The molecular weight excluding hydrogens is 242 g/mol. The number of hydrogen-bond donors (Lipinski definition) is 1. The lowest BCUT2D eigenvalue weighted by molar-refractivity contribution is 0.329. The van der Waals surface area contributed by atoms with Gasteiger partial charge in [0, 0.05) is 12.1 Å². The van der Waals surface area contributed by atoms with Gasteiger partial charge in [0.15, 0.2) is 0 Å². The van der Waals surface area contributed by atoms with Gasteiger partial charge in [-0.1, -0.05) is 64.3 Å². The highest BCUT2D eigenvalue weighted by molar-refractivity contribution is 5.38. The molecule has 1 aromatic rings. The summed E-state index contributed by atoms with van der Waals surface area (Å²) in [6, 6.07) is 10.2. The fourth-order valence-corrected chi connectivity index (χ4v) is 3.51. The van der Waals surface area contributed by atoms with Crippen molar-refractivity contribution in [2.24, 2.45) is 0 Å². The van der Waals surface area contributed by atoms with E-state index in [0.717, 1.165) is 0 Å². The van der Waals surface area contributed by atoms with E-state index in [0.29, 0.717) is 17.5 Å². The van der Waals surface area contributed by atoms with Crippen molar-refractivity contribution in [2.75, 3.05) is 0 Å². The van der Waals surface area contributed by atoms with E-state index in [2.05, 4.69) is 57.3 Å². The lowest BCUT2D eigenvalue weighted by Gasteiger charge is -2.38. The standard InChI is InChI=1S/C19H31N/c1-5-6-7-10-15(2)20-18-13-14-19(3,4)17-12-9-8-11-16(17)18/h8-9,11-12,15,18,20H,5-7,10,13-14H2,1-4H3. The molecule has 1 N–H and O–H groups in total. The SMILES string of the molecule is CCCCCC(C)NC1CCC(C)(C)c2ccccc21. The second-order valence-electron chi connectivity index (χ2n) is 7.13. The molecule has 0 aliphatic heterocycles. The van der Waals surface area contributed by atoms with Crippen molar-refractivity contribution in [2.45, 2.75) is 83.7 Å². The Hall–Kier alpha value is -0.820. The zero-order valence-corrected chi connectivity index (χ0v) is 13.7. The molecule has 0 amide bonds. The smallest absolute Gasteiger partial charge is 0.0325 e. The summed E-state index contributed by atoms with van der Waals surface area (Å²) in [5.74, 6) is 0. The Morgan fingerprint density at radius 2 is 2.00 bits per heavy atom. The monoisotopic (exact) mass is 273 g/mol. The van der Waals surface area contributed by atoms with Gasteiger partial charge in [-0.05, 0) is 42.7 Å². The number of unbranched alkanes of at least 4 members (excludes halogenated alkanes) is 2. The van der Waals surface area contributed by atoms with Crippen molar-refractivity contribution in [3.63, 3.8) is 0 Å². The summed E-state index contributed by atoms with van der Waals surface area (Å²) in [5.41, 5.74) is 3.41. The molecule has 2 rings (SSSR count). The maximum atomic E-state index is 3.87. The van der Waals surface area contributed by atoms with Gasteiger partial charge in [-0.15, -0.1) is 0 Å². The molecule has 20 heavy (non-hydrogen) atoms.